The first-order chi connectivity index (χ1) is 35.3. The van der Waals surface area contributed by atoms with Gasteiger partial charge in [-0.1, -0.05) is 91.0 Å². The van der Waals surface area contributed by atoms with Crippen molar-refractivity contribution in [3.8, 4) is 0 Å². The van der Waals surface area contributed by atoms with E-state index in [4.69, 9.17) is 33.7 Å². The predicted octanol–water partition coefficient (Wildman–Crippen LogP) is 11.7. The molecule has 390 valence electrons. The number of nitro groups is 1. The number of hydrogen-bond acceptors (Lipinski definition) is 7. The molecule has 0 unspecified atom stereocenters. The summed E-state index contributed by atoms with van der Waals surface area (Å²) in [6, 6.07) is 42.4. The van der Waals surface area contributed by atoms with Gasteiger partial charge in [-0.2, -0.15) is 0 Å². The zero-order valence-corrected chi connectivity index (χ0v) is 45.6. The molecule has 1 saturated heterocycles. The van der Waals surface area contributed by atoms with Crippen LogP contribution in [0.15, 0.2) is 163 Å². The van der Waals surface area contributed by atoms with Crippen molar-refractivity contribution in [1.82, 2.24) is 24.9 Å². The zero-order chi connectivity index (χ0) is 52.4. The summed E-state index contributed by atoms with van der Waals surface area (Å²) >= 11 is 23.4. The summed E-state index contributed by atoms with van der Waals surface area (Å²) in [6.45, 7) is 5.72. The number of fused-ring (bicyclic) bond motifs is 7. The van der Waals surface area contributed by atoms with Crippen LogP contribution in [0.2, 0.25) is 0 Å². The van der Waals surface area contributed by atoms with Crippen LogP contribution in [0.3, 0.4) is 0 Å². The van der Waals surface area contributed by atoms with Gasteiger partial charge in [-0.3, -0.25) is 24.5 Å². The minimum Gasteiger partial charge on any atom is -1.00 e. The van der Waals surface area contributed by atoms with Gasteiger partial charge in [0.2, 0.25) is 6.20 Å². The molecule has 0 saturated carbocycles. The summed E-state index contributed by atoms with van der Waals surface area (Å²) in [4.78, 5) is 40.4. The van der Waals surface area contributed by atoms with E-state index in [9.17, 15) is 19.5 Å². The second-order valence-electron chi connectivity index (χ2n) is 15.8. The molecular formula is C54H60AlCl5LiN8O5P. The molecule has 0 aliphatic carbocycles. The van der Waals surface area contributed by atoms with Gasteiger partial charge < -0.3 is 36.8 Å². The number of aromatic amines is 5. The smallest absolute Gasteiger partial charge is 1.00 e. The maximum Gasteiger partial charge on any atom is 1.00 e. The van der Waals surface area contributed by atoms with Gasteiger partial charge in [0, 0.05) is 111 Å². The summed E-state index contributed by atoms with van der Waals surface area (Å²) in [5, 5.41) is 13.0. The Morgan fingerprint density at radius 1 is 0.720 bits per heavy atom. The fourth-order valence-electron chi connectivity index (χ4n) is 7.75. The van der Waals surface area contributed by atoms with Gasteiger partial charge >= 0.3 is 24.1 Å². The largest absolute Gasteiger partial charge is 1.00 e. The van der Waals surface area contributed by atoms with Crippen molar-refractivity contribution in [3.63, 3.8) is 0 Å². The van der Waals surface area contributed by atoms with Gasteiger partial charge in [0.15, 0.2) is 23.6 Å². The van der Waals surface area contributed by atoms with E-state index < -0.39 is 10.1 Å². The number of rotatable bonds is 5. The molecule has 0 bridgehead atoms. The van der Waals surface area contributed by atoms with Crippen molar-refractivity contribution in [1.29, 1.82) is 0 Å². The Labute approximate surface area is 484 Å². The number of alkyl halides is 2. The first kappa shape index (κ1) is 64.3. The van der Waals surface area contributed by atoms with E-state index in [-0.39, 0.29) is 43.0 Å². The van der Waals surface area contributed by atoms with Crippen molar-refractivity contribution in [3.05, 3.63) is 196 Å². The number of H-pyrrole nitrogens is 5. The molecule has 0 atom stereocenters. The molecule has 0 spiro atoms. The number of aromatic nitrogens is 5. The minimum absolute atomic E-state index is 0. The zero-order valence-electron chi connectivity index (χ0n) is 41.9. The molecule has 0 amide bonds. The van der Waals surface area contributed by atoms with E-state index in [1.54, 1.807) is 12.4 Å². The van der Waals surface area contributed by atoms with Gasteiger partial charge in [-0.15, -0.1) is 23.2 Å². The Kier molecular flexibility index (Phi) is 29.7. The van der Waals surface area contributed by atoms with Gasteiger partial charge in [-0.05, 0) is 126 Å². The molecule has 10 aromatic rings. The normalized spacial score (nSPS) is 12.0. The molecule has 12 rings (SSSR count). The monoisotopic (exact) mass is 1140 g/mol. The van der Waals surface area contributed by atoms with E-state index >= 15 is 0 Å². The van der Waals surface area contributed by atoms with E-state index in [1.165, 1.54) is 68.4 Å². The van der Waals surface area contributed by atoms with Gasteiger partial charge in [0.05, 0.1) is 21.7 Å². The number of carbonyl (C=O) groups is 1. The quantitative estimate of drug-likeness (QED) is 0.0247. The standard InChI is InChI=1S/C12H12N2.C10H8N2O2.C10H12N2.C9H7NO.C8H7N.C4H8O.CH2Cl2.Al.Cl3OP.Li.4H/c1-8-12-10(6-7-13-8)9-4-2-3-5-11(9)14-12;13-12(14)6-5-8-7-11-10-4-2-1-3-9(8)10;11-6-5-8-7-12-10-4-2-1-3-9(8)10;11-6-7-5-10-9-4-2-1-3-8(7)9;1-2-4-8-7(3-1)5-6-9-8;1-2-4-5-3-1;2-1-3;;1-5(2,3)4;;;;;/h2-5,14H,6-7H2,1H3;1-7,11H;1-4,7,12H,5-6,11H2;1-6,10H;1-6,9H;1-4H2;1H2;;;;;;;/q;;;;;;;;;+1;;;;-1/b;6-5+;;;;;;;;;;;;. The molecule has 13 nitrogen and oxygen atoms in total. The molecular weight excluding hydrogens is 1080 g/mol. The molecule has 7 N–H and O–H groups in total. The second kappa shape index (κ2) is 34.6. The Bertz CT molecular complexity index is 3350. The third-order valence-electron chi connectivity index (χ3n) is 11.0. The first-order valence-corrected chi connectivity index (χ1v) is 28.5. The fraction of sp³-hybridized carbons (Fsp3) is 0.185. The number of aldehydes is 1. The number of para-hydroxylation sites is 5. The summed E-state index contributed by atoms with van der Waals surface area (Å²) in [5.74, 6) is 0. The molecule has 2 aliphatic heterocycles. The van der Waals surface area contributed by atoms with Crippen LogP contribution < -0.4 is 24.6 Å². The predicted molar refractivity (Wildman–Crippen MR) is 319 cm³/mol. The molecule has 0 radical (unpaired) electrons. The van der Waals surface area contributed by atoms with Crippen LogP contribution in [0.5, 0.6) is 0 Å². The third kappa shape index (κ3) is 21.5. The van der Waals surface area contributed by atoms with Gasteiger partial charge in [0.25, 0.3) is 0 Å². The number of nitrogens with one attached hydrogen (secondary N) is 5. The average Bonchev–Trinajstić information content (AvgIpc) is 4.27. The summed E-state index contributed by atoms with van der Waals surface area (Å²) < 4.78 is 14.5. The number of hydrogen-bond donors (Lipinski definition) is 6. The summed E-state index contributed by atoms with van der Waals surface area (Å²) in [7, 11) is 0. The number of aliphatic imine (C=N–C) groups is 1. The Morgan fingerprint density at radius 3 is 1.73 bits per heavy atom. The summed E-state index contributed by atoms with van der Waals surface area (Å²) in [5.41, 5.74) is 17.8. The number of carbonyl (C=O) groups excluding carboxylic acids is 1. The third-order valence-corrected chi connectivity index (χ3v) is 11.0. The second-order valence-corrected chi connectivity index (χ2v) is 23.3. The maximum atomic E-state index is 10.5. The molecule has 5 aromatic carbocycles. The molecule has 5 aromatic heterocycles. The molecule has 75 heavy (non-hydrogen) atoms. The van der Waals surface area contributed by atoms with Crippen LogP contribution in [0, 0.1) is 10.1 Å². The van der Waals surface area contributed by atoms with Crippen LogP contribution in [-0.2, 0) is 22.1 Å². The molecule has 21 heteroatoms. The SMILES string of the molecule is C1CCOC1.CC1=NCCc2c1[nH]c1ccccc21.ClCCl.NCCc1c[nH]c2ccccc12.O=Cc1c[nH]c2ccccc12.O=P(Cl)(Cl)Cl.O=[N+]([O-])/C=C/c1c[nH]c2ccccc12.[AlH3].[H-].[Li+].c1ccc2[nH]ccc2c1. The van der Waals surface area contributed by atoms with Crippen molar-refractivity contribution < 1.29 is 39.3 Å². The maximum absolute atomic E-state index is 10.5. The van der Waals surface area contributed by atoms with Crippen LogP contribution in [0.1, 0.15) is 53.9 Å². The Hall–Kier alpha value is -4.99. The molecule has 7 heterocycles. The fourth-order valence-corrected chi connectivity index (χ4v) is 7.75. The van der Waals surface area contributed by atoms with E-state index in [0.29, 0.717) is 6.54 Å². The number of nitrogens with two attached hydrogens (primary N) is 1. The number of nitrogens with zero attached hydrogens (tertiary/aromatic N) is 2. The summed E-state index contributed by atoms with van der Waals surface area (Å²) in [6.07, 6.45) is 15.3. The van der Waals surface area contributed by atoms with Crippen molar-refractivity contribution in [2.45, 2.75) is 32.6 Å². The number of ether oxygens (including phenoxy) is 1. The van der Waals surface area contributed by atoms with Crippen LogP contribution in [0.4, 0.5) is 0 Å². The van der Waals surface area contributed by atoms with Crippen LogP contribution in [0.25, 0.3) is 60.6 Å². The van der Waals surface area contributed by atoms with Crippen molar-refractivity contribution in [2.24, 2.45) is 10.7 Å². The number of benzene rings is 5. The minimum atomic E-state index is -3.22. The van der Waals surface area contributed by atoms with E-state index in [2.05, 4.69) is 131 Å². The van der Waals surface area contributed by atoms with Crippen molar-refractivity contribution in [2.75, 3.05) is 31.6 Å². The molecule has 2 aliphatic rings. The topological polar surface area (TPSA) is 204 Å². The molecule has 1 fully saturated rings. The average molecular weight is 1140 g/mol. The Balaban J connectivity index is 0.000000306. The van der Waals surface area contributed by atoms with Gasteiger partial charge in [0.1, 0.15) is 0 Å². The van der Waals surface area contributed by atoms with Gasteiger partial charge in [-0.25, -0.2) is 0 Å². The number of halogens is 5. The van der Waals surface area contributed by atoms with E-state index in [1.807, 2.05) is 79.1 Å². The Morgan fingerprint density at radius 2 is 1.20 bits per heavy atom. The first-order valence-electron chi connectivity index (χ1n) is 23.0. The van der Waals surface area contributed by atoms with Crippen LogP contribution >= 0.6 is 62.1 Å². The van der Waals surface area contributed by atoms with E-state index in [0.717, 1.165) is 83.7 Å². The van der Waals surface area contributed by atoms with Crippen LogP contribution in [-0.4, -0.2) is 90.8 Å². The van der Waals surface area contributed by atoms with Crippen molar-refractivity contribution >= 4 is 152 Å².